The van der Waals surface area contributed by atoms with Crippen LogP contribution in [0.25, 0.3) is 5.69 Å². The van der Waals surface area contributed by atoms with Crippen LogP contribution >= 0.6 is 0 Å². The molecular weight excluding hydrogens is 240 g/mol. The van der Waals surface area contributed by atoms with Crippen molar-refractivity contribution >= 4 is 17.6 Å². The number of rotatable bonds is 2. The Morgan fingerprint density at radius 3 is 2.37 bits per heavy atom. The summed E-state index contributed by atoms with van der Waals surface area (Å²) in [6, 6.07) is 9.69. The second-order valence-electron chi connectivity index (χ2n) is 4.02. The summed E-state index contributed by atoms with van der Waals surface area (Å²) in [5.74, 6) is -0.0757. The lowest BCUT2D eigenvalue weighted by molar-refractivity contribution is 1.06. The van der Waals surface area contributed by atoms with Gasteiger partial charge in [-0.05, 0) is 36.8 Å². The summed E-state index contributed by atoms with van der Waals surface area (Å²) in [5.41, 5.74) is 18.9. The Hall–Kier alpha value is -2.76. The number of hydrogen-bond acceptors (Lipinski definition) is 1. The van der Waals surface area contributed by atoms with Crippen LogP contribution in [0.5, 0.6) is 0 Å². The van der Waals surface area contributed by atoms with Gasteiger partial charge in [-0.2, -0.15) is 4.99 Å². The molecular formula is C13H16N6. The molecule has 0 spiro atoms. The van der Waals surface area contributed by atoms with Gasteiger partial charge in [-0.1, -0.05) is 6.07 Å². The molecule has 2 aromatic rings. The Morgan fingerprint density at radius 1 is 1.05 bits per heavy atom. The normalized spacial score (nSPS) is 11.3. The molecule has 1 aromatic heterocycles. The first kappa shape index (κ1) is 12.7. The average molecular weight is 256 g/mol. The molecule has 19 heavy (non-hydrogen) atoms. The molecule has 0 bridgehead atoms. The Bertz CT molecular complexity index is 621. The first-order chi connectivity index (χ1) is 9.08. The quantitative estimate of drug-likeness (QED) is 0.551. The van der Waals surface area contributed by atoms with E-state index in [1.807, 2.05) is 54.2 Å². The van der Waals surface area contributed by atoms with Crippen LogP contribution in [0.1, 0.15) is 5.56 Å². The fourth-order valence-corrected chi connectivity index (χ4v) is 1.79. The van der Waals surface area contributed by atoms with E-state index in [2.05, 4.69) is 9.98 Å². The lowest BCUT2D eigenvalue weighted by atomic mass is 10.1. The molecule has 98 valence electrons. The molecule has 6 nitrogen and oxygen atoms in total. The summed E-state index contributed by atoms with van der Waals surface area (Å²) in [6.07, 6.45) is 3.93. The second kappa shape index (κ2) is 5.26. The first-order valence-corrected chi connectivity index (χ1v) is 5.74. The summed E-state index contributed by atoms with van der Waals surface area (Å²) in [6.45, 7) is 1.97. The van der Waals surface area contributed by atoms with Gasteiger partial charge in [0, 0.05) is 18.1 Å². The van der Waals surface area contributed by atoms with Crippen molar-refractivity contribution in [3.8, 4) is 5.69 Å². The van der Waals surface area contributed by atoms with E-state index in [0.717, 1.165) is 16.9 Å². The highest BCUT2D eigenvalue weighted by molar-refractivity contribution is 5.93. The zero-order valence-electron chi connectivity index (χ0n) is 10.6. The monoisotopic (exact) mass is 256 g/mol. The highest BCUT2D eigenvalue weighted by Gasteiger charge is 2.04. The van der Waals surface area contributed by atoms with Crippen LogP contribution in [0.2, 0.25) is 0 Å². The van der Waals surface area contributed by atoms with Gasteiger partial charge in [-0.3, -0.25) is 0 Å². The molecule has 0 amide bonds. The molecule has 1 aromatic carbocycles. The largest absolute Gasteiger partial charge is 0.370 e. The van der Waals surface area contributed by atoms with Crippen molar-refractivity contribution in [3.63, 3.8) is 0 Å². The van der Waals surface area contributed by atoms with Gasteiger partial charge in [0.25, 0.3) is 0 Å². The molecule has 0 saturated heterocycles. The average Bonchev–Trinajstić information content (AvgIpc) is 2.84. The third kappa shape index (κ3) is 2.92. The topological polar surface area (TPSA) is 108 Å². The molecule has 0 unspecified atom stereocenters. The summed E-state index contributed by atoms with van der Waals surface area (Å²) in [4.78, 5) is 7.90. The van der Waals surface area contributed by atoms with Gasteiger partial charge in [-0.15, -0.1) is 0 Å². The van der Waals surface area contributed by atoms with E-state index in [1.54, 1.807) is 0 Å². The minimum absolute atomic E-state index is 0.0350. The number of nitrogens with zero attached hydrogens (tertiary/aromatic N) is 3. The number of hydrogen-bond donors (Lipinski definition) is 3. The van der Waals surface area contributed by atoms with Gasteiger partial charge in [0.1, 0.15) is 0 Å². The van der Waals surface area contributed by atoms with Gasteiger partial charge >= 0.3 is 0 Å². The number of nitrogens with two attached hydrogens (primary N) is 3. The van der Waals surface area contributed by atoms with Crippen molar-refractivity contribution in [3.05, 3.63) is 48.3 Å². The Kier molecular flexibility index (Phi) is 3.51. The number of guanidine groups is 2. The van der Waals surface area contributed by atoms with E-state index in [-0.39, 0.29) is 11.9 Å². The number of aromatic nitrogens is 1. The van der Waals surface area contributed by atoms with E-state index in [0.29, 0.717) is 0 Å². The molecule has 0 aliphatic heterocycles. The third-order valence-corrected chi connectivity index (χ3v) is 2.64. The summed E-state index contributed by atoms with van der Waals surface area (Å²) < 4.78 is 2.01. The van der Waals surface area contributed by atoms with Crippen molar-refractivity contribution in [1.82, 2.24) is 4.57 Å². The predicted molar refractivity (Wildman–Crippen MR) is 77.6 cm³/mol. The molecule has 6 heteroatoms. The Morgan fingerprint density at radius 2 is 1.74 bits per heavy atom. The molecule has 2 rings (SSSR count). The molecule has 0 fully saturated rings. The van der Waals surface area contributed by atoms with Crippen LogP contribution in [0, 0.1) is 6.92 Å². The minimum atomic E-state index is -0.111. The van der Waals surface area contributed by atoms with E-state index in [4.69, 9.17) is 17.2 Å². The van der Waals surface area contributed by atoms with E-state index < -0.39 is 0 Å². The number of benzene rings is 1. The minimum Gasteiger partial charge on any atom is -0.370 e. The van der Waals surface area contributed by atoms with Crippen LogP contribution in [-0.2, 0) is 0 Å². The molecule has 0 aliphatic rings. The van der Waals surface area contributed by atoms with Crippen molar-refractivity contribution in [1.29, 1.82) is 0 Å². The number of aliphatic imine (C=N–C) groups is 2. The van der Waals surface area contributed by atoms with Gasteiger partial charge in [0.05, 0.1) is 5.69 Å². The highest BCUT2D eigenvalue weighted by Crippen LogP contribution is 2.24. The van der Waals surface area contributed by atoms with E-state index in [1.165, 1.54) is 0 Å². The van der Waals surface area contributed by atoms with Crippen molar-refractivity contribution in [2.75, 3.05) is 0 Å². The Labute approximate surface area is 111 Å². The Balaban J connectivity index is 2.44. The van der Waals surface area contributed by atoms with Gasteiger partial charge in [0.2, 0.25) is 5.96 Å². The molecule has 0 saturated carbocycles. The third-order valence-electron chi connectivity index (χ3n) is 2.64. The van der Waals surface area contributed by atoms with Crippen molar-refractivity contribution < 1.29 is 0 Å². The summed E-state index contributed by atoms with van der Waals surface area (Å²) >= 11 is 0. The fraction of sp³-hybridized carbons (Fsp3) is 0.0769. The van der Waals surface area contributed by atoms with Crippen LogP contribution in [0.4, 0.5) is 5.69 Å². The van der Waals surface area contributed by atoms with Crippen LogP contribution in [0.15, 0.2) is 52.7 Å². The summed E-state index contributed by atoms with van der Waals surface area (Å²) in [7, 11) is 0. The first-order valence-electron chi connectivity index (χ1n) is 5.74. The van der Waals surface area contributed by atoms with Crippen molar-refractivity contribution in [2.24, 2.45) is 27.2 Å². The summed E-state index contributed by atoms with van der Waals surface area (Å²) in [5, 5.41) is 0. The smallest absolute Gasteiger partial charge is 0.223 e. The highest BCUT2D eigenvalue weighted by atomic mass is 15.1. The van der Waals surface area contributed by atoms with E-state index >= 15 is 0 Å². The molecule has 0 radical (unpaired) electrons. The van der Waals surface area contributed by atoms with Crippen LogP contribution < -0.4 is 17.2 Å². The SMILES string of the molecule is Cc1c(N=C(N)N=C(N)N)cccc1-n1cccc1. The van der Waals surface area contributed by atoms with Crippen molar-refractivity contribution in [2.45, 2.75) is 6.92 Å². The molecule has 6 N–H and O–H groups in total. The second-order valence-corrected chi connectivity index (χ2v) is 4.02. The van der Waals surface area contributed by atoms with E-state index in [9.17, 15) is 0 Å². The van der Waals surface area contributed by atoms with Gasteiger partial charge in [-0.25, -0.2) is 4.99 Å². The maximum atomic E-state index is 5.64. The van der Waals surface area contributed by atoms with Crippen LogP contribution in [0.3, 0.4) is 0 Å². The molecule has 0 atom stereocenters. The fourth-order valence-electron chi connectivity index (χ4n) is 1.79. The maximum Gasteiger partial charge on any atom is 0.223 e. The lowest BCUT2D eigenvalue weighted by Crippen LogP contribution is -2.26. The zero-order valence-corrected chi connectivity index (χ0v) is 10.6. The standard InChI is InChI=1S/C13H16N6/c1-9-10(17-13(16)18-12(14)15)5-4-6-11(9)19-7-2-3-8-19/h2-8H,1H3,(H6,14,15,16,17,18). The van der Waals surface area contributed by atoms with Gasteiger partial charge < -0.3 is 21.8 Å². The predicted octanol–water partition coefficient (Wildman–Crippen LogP) is 1.01. The zero-order chi connectivity index (χ0) is 13.8. The van der Waals surface area contributed by atoms with Gasteiger partial charge in [0.15, 0.2) is 5.96 Å². The van der Waals surface area contributed by atoms with Crippen LogP contribution in [-0.4, -0.2) is 16.5 Å². The molecule has 1 heterocycles. The lowest BCUT2D eigenvalue weighted by Gasteiger charge is -2.09. The maximum absolute atomic E-state index is 5.64. The molecule has 0 aliphatic carbocycles.